The van der Waals surface area contributed by atoms with Gasteiger partial charge in [0.25, 0.3) is 0 Å². The molecule has 39 heavy (non-hydrogen) atoms. The summed E-state index contributed by atoms with van der Waals surface area (Å²) in [6.07, 6.45) is 12.8. The summed E-state index contributed by atoms with van der Waals surface area (Å²) >= 11 is 12.3. The molecule has 8 nitrogen and oxygen atoms in total. The van der Waals surface area contributed by atoms with E-state index in [4.69, 9.17) is 27.9 Å². The number of rotatable bonds is 2. The SMILES string of the molecule is CC(C)(C)OC(=O)N1C2CCC1CC(O)(c1ccncc1Cl)C2.OC1(c2ccncc2Cl)CC2CCC(C1)N2. The van der Waals surface area contributed by atoms with Crippen LogP contribution in [0.4, 0.5) is 4.79 Å². The van der Waals surface area contributed by atoms with Gasteiger partial charge in [0, 0.05) is 72.9 Å². The third-order valence-electron chi connectivity index (χ3n) is 8.42. The lowest BCUT2D eigenvalue weighted by molar-refractivity contribution is -0.0624. The van der Waals surface area contributed by atoms with E-state index in [1.54, 1.807) is 30.9 Å². The van der Waals surface area contributed by atoms with Crippen molar-refractivity contribution in [2.75, 3.05) is 0 Å². The van der Waals surface area contributed by atoms with Crippen molar-refractivity contribution in [2.45, 2.75) is 113 Å². The quantitative estimate of drug-likeness (QED) is 0.444. The Morgan fingerprint density at radius 3 is 1.79 bits per heavy atom. The van der Waals surface area contributed by atoms with Gasteiger partial charge in [0.2, 0.25) is 0 Å². The van der Waals surface area contributed by atoms with Crippen molar-refractivity contribution in [1.29, 1.82) is 0 Å². The Bertz CT molecular complexity index is 1180. The van der Waals surface area contributed by atoms with Crippen molar-refractivity contribution in [3.05, 3.63) is 58.1 Å². The van der Waals surface area contributed by atoms with Crippen LogP contribution in [0.1, 0.15) is 83.3 Å². The number of aromatic nitrogens is 2. The number of hydrogen-bond donors (Lipinski definition) is 3. The molecule has 0 saturated carbocycles. The molecule has 10 heteroatoms. The van der Waals surface area contributed by atoms with Gasteiger partial charge in [-0.05, 0) is 71.4 Å². The fourth-order valence-corrected chi connectivity index (χ4v) is 7.50. The summed E-state index contributed by atoms with van der Waals surface area (Å²) in [5.74, 6) is 0. The Kier molecular flexibility index (Phi) is 7.90. The highest BCUT2D eigenvalue weighted by Crippen LogP contribution is 2.47. The third-order valence-corrected chi connectivity index (χ3v) is 9.02. The first-order valence-corrected chi connectivity index (χ1v) is 14.5. The summed E-state index contributed by atoms with van der Waals surface area (Å²) in [4.78, 5) is 22.2. The van der Waals surface area contributed by atoms with Crippen LogP contribution in [0.2, 0.25) is 10.0 Å². The van der Waals surface area contributed by atoms with E-state index in [1.807, 2.05) is 31.7 Å². The fourth-order valence-electron chi connectivity index (χ4n) is 6.91. The first-order valence-electron chi connectivity index (χ1n) is 13.8. The van der Waals surface area contributed by atoms with Crippen LogP contribution in [0.15, 0.2) is 36.9 Å². The molecular formula is C29H38Cl2N4O4. The van der Waals surface area contributed by atoms with Gasteiger partial charge in [-0.2, -0.15) is 0 Å². The molecule has 0 radical (unpaired) electrons. The normalized spacial score (nSPS) is 33.4. The number of halogens is 2. The van der Waals surface area contributed by atoms with E-state index < -0.39 is 16.8 Å². The molecule has 4 unspecified atom stereocenters. The van der Waals surface area contributed by atoms with E-state index in [0.29, 0.717) is 40.5 Å². The van der Waals surface area contributed by atoms with Gasteiger partial charge in [-0.25, -0.2) is 4.79 Å². The largest absolute Gasteiger partial charge is 0.444 e. The van der Waals surface area contributed by atoms with E-state index in [9.17, 15) is 15.0 Å². The Labute approximate surface area is 240 Å². The molecule has 6 rings (SSSR count). The lowest BCUT2D eigenvalue weighted by Gasteiger charge is -2.44. The van der Waals surface area contributed by atoms with Crippen LogP contribution in [-0.2, 0) is 15.9 Å². The van der Waals surface area contributed by atoms with Gasteiger partial charge in [-0.1, -0.05) is 23.2 Å². The number of aliphatic hydroxyl groups is 2. The summed E-state index contributed by atoms with van der Waals surface area (Å²) in [6.45, 7) is 5.59. The second kappa shape index (κ2) is 10.8. The second-order valence-corrected chi connectivity index (χ2v) is 13.3. The molecule has 0 aliphatic carbocycles. The first kappa shape index (κ1) is 28.6. The Morgan fingerprint density at radius 2 is 1.36 bits per heavy atom. The molecule has 212 valence electrons. The highest BCUT2D eigenvalue weighted by atomic mass is 35.5. The van der Waals surface area contributed by atoms with Gasteiger partial charge in [0.1, 0.15) is 5.60 Å². The average molecular weight is 578 g/mol. The van der Waals surface area contributed by atoms with Gasteiger partial charge < -0.3 is 25.2 Å². The van der Waals surface area contributed by atoms with Crippen molar-refractivity contribution in [3.63, 3.8) is 0 Å². The van der Waals surface area contributed by atoms with Crippen molar-refractivity contribution >= 4 is 29.3 Å². The fraction of sp³-hybridized carbons (Fsp3) is 0.621. The van der Waals surface area contributed by atoms with Crippen LogP contribution in [0.3, 0.4) is 0 Å². The molecule has 3 N–H and O–H groups in total. The number of carbonyl (C=O) groups excluding carboxylic acids is 1. The van der Waals surface area contributed by atoms with Gasteiger partial charge in [0.15, 0.2) is 0 Å². The molecule has 4 saturated heterocycles. The van der Waals surface area contributed by atoms with E-state index >= 15 is 0 Å². The minimum Gasteiger partial charge on any atom is -0.444 e. The molecule has 1 amide bonds. The molecule has 0 spiro atoms. The molecule has 0 aromatic carbocycles. The lowest BCUT2D eigenvalue weighted by atomic mass is 9.81. The zero-order valence-corrected chi connectivity index (χ0v) is 24.3. The van der Waals surface area contributed by atoms with Crippen LogP contribution in [0.5, 0.6) is 0 Å². The van der Waals surface area contributed by atoms with E-state index in [1.165, 1.54) is 0 Å². The molecular weight excluding hydrogens is 539 g/mol. The van der Waals surface area contributed by atoms with Gasteiger partial charge in [0.05, 0.1) is 21.2 Å². The molecule has 4 bridgehead atoms. The monoisotopic (exact) mass is 576 g/mol. The number of piperidine rings is 2. The molecule has 4 atom stereocenters. The van der Waals surface area contributed by atoms with Crippen molar-refractivity contribution in [1.82, 2.24) is 20.2 Å². The van der Waals surface area contributed by atoms with Crippen molar-refractivity contribution < 1.29 is 19.7 Å². The molecule has 6 heterocycles. The summed E-state index contributed by atoms with van der Waals surface area (Å²) in [7, 11) is 0. The molecule has 2 aromatic heterocycles. The number of pyridine rings is 2. The number of amides is 1. The predicted molar refractivity (Wildman–Crippen MR) is 150 cm³/mol. The first-order chi connectivity index (χ1) is 18.4. The maximum absolute atomic E-state index is 12.5. The Balaban J connectivity index is 0.000000168. The maximum Gasteiger partial charge on any atom is 0.410 e. The number of nitrogens with one attached hydrogen (secondary N) is 1. The number of carbonyl (C=O) groups is 1. The summed E-state index contributed by atoms with van der Waals surface area (Å²) in [5, 5.41) is 26.5. The standard InChI is InChI=1S/C17H23ClN2O3.C12H15ClN2O/c1-16(2,3)23-15(21)20-11-4-5-12(20)9-17(22,8-11)13-6-7-19-10-14(13)18;13-11-7-14-4-3-10(11)12(16)5-8-1-2-9(6-12)15-8/h6-7,10-12,22H,4-5,8-9H2,1-3H3;3-4,7-9,15-16H,1-2,5-6H2. The number of hydrogen-bond acceptors (Lipinski definition) is 7. The summed E-state index contributed by atoms with van der Waals surface area (Å²) in [6, 6.07) is 4.45. The van der Waals surface area contributed by atoms with E-state index in [0.717, 1.165) is 44.1 Å². The molecule has 4 fully saturated rings. The maximum atomic E-state index is 12.5. The van der Waals surface area contributed by atoms with E-state index in [-0.39, 0.29) is 18.2 Å². The summed E-state index contributed by atoms with van der Waals surface area (Å²) in [5.41, 5.74) is -0.752. The number of fused-ring (bicyclic) bond motifs is 4. The molecule has 4 aliphatic heterocycles. The Hall–Kier alpha value is -1.97. The number of ether oxygens (including phenoxy) is 1. The average Bonchev–Trinajstić information content (AvgIpc) is 3.35. The number of nitrogens with zero attached hydrogens (tertiary/aromatic N) is 3. The van der Waals surface area contributed by atoms with Crippen molar-refractivity contribution in [3.8, 4) is 0 Å². The van der Waals surface area contributed by atoms with Crippen LogP contribution in [0, 0.1) is 0 Å². The molecule has 4 aliphatic rings. The minimum absolute atomic E-state index is 0.0159. The predicted octanol–water partition coefficient (Wildman–Crippen LogP) is 5.32. The van der Waals surface area contributed by atoms with Crippen LogP contribution < -0.4 is 5.32 Å². The second-order valence-electron chi connectivity index (χ2n) is 12.5. The smallest absolute Gasteiger partial charge is 0.410 e. The van der Waals surface area contributed by atoms with E-state index in [2.05, 4.69) is 15.3 Å². The van der Waals surface area contributed by atoms with Gasteiger partial charge in [-0.15, -0.1) is 0 Å². The van der Waals surface area contributed by atoms with Gasteiger partial charge in [-0.3, -0.25) is 9.97 Å². The van der Waals surface area contributed by atoms with Crippen LogP contribution in [0.25, 0.3) is 0 Å². The molecule has 2 aromatic rings. The zero-order chi connectivity index (χ0) is 28.0. The van der Waals surface area contributed by atoms with Crippen molar-refractivity contribution in [2.24, 2.45) is 0 Å². The highest BCUT2D eigenvalue weighted by Gasteiger charge is 2.51. The van der Waals surface area contributed by atoms with Crippen LogP contribution >= 0.6 is 23.2 Å². The zero-order valence-electron chi connectivity index (χ0n) is 22.7. The summed E-state index contributed by atoms with van der Waals surface area (Å²) < 4.78 is 5.52. The lowest BCUT2D eigenvalue weighted by Crippen LogP contribution is -2.53. The minimum atomic E-state index is -1.01. The topological polar surface area (TPSA) is 108 Å². The van der Waals surface area contributed by atoms with Gasteiger partial charge >= 0.3 is 6.09 Å². The highest BCUT2D eigenvalue weighted by molar-refractivity contribution is 6.31. The Morgan fingerprint density at radius 1 is 0.897 bits per heavy atom. The third kappa shape index (κ3) is 6.05. The van der Waals surface area contributed by atoms with Crippen LogP contribution in [-0.4, -0.2) is 60.9 Å².